The van der Waals surface area contributed by atoms with E-state index in [-0.39, 0.29) is 5.41 Å². The number of benzene rings is 10. The molecule has 1 heterocycles. The second-order valence-electron chi connectivity index (χ2n) is 17.8. The van der Waals surface area contributed by atoms with Crippen LogP contribution in [0.4, 0.5) is 28.4 Å². The molecular formula is C61H45BN2. The van der Waals surface area contributed by atoms with Crippen molar-refractivity contribution in [1.82, 2.24) is 0 Å². The molecule has 1 aliphatic carbocycles. The van der Waals surface area contributed by atoms with Gasteiger partial charge in [-0.1, -0.05) is 195 Å². The van der Waals surface area contributed by atoms with Crippen molar-refractivity contribution in [2.45, 2.75) is 19.3 Å². The molecule has 0 atom stereocenters. The molecule has 64 heavy (non-hydrogen) atoms. The minimum atomic E-state index is -0.156. The molecule has 3 heteroatoms. The van der Waals surface area contributed by atoms with Crippen molar-refractivity contribution in [1.29, 1.82) is 0 Å². The average Bonchev–Trinajstić information content (AvgIpc) is 3.58. The number of hydrogen-bond acceptors (Lipinski definition) is 2. The summed E-state index contributed by atoms with van der Waals surface area (Å²) < 4.78 is 0. The molecule has 12 rings (SSSR count). The van der Waals surface area contributed by atoms with Gasteiger partial charge in [0, 0.05) is 44.8 Å². The molecule has 0 spiro atoms. The lowest BCUT2D eigenvalue weighted by molar-refractivity contribution is 0.660. The molecule has 1 N–H and O–H groups in total. The summed E-state index contributed by atoms with van der Waals surface area (Å²) >= 11 is 0. The molecule has 10 aromatic rings. The fourth-order valence-corrected chi connectivity index (χ4v) is 10.4. The van der Waals surface area contributed by atoms with Gasteiger partial charge in [-0.25, -0.2) is 0 Å². The van der Waals surface area contributed by atoms with E-state index in [2.05, 4.69) is 249 Å². The van der Waals surface area contributed by atoms with E-state index in [9.17, 15) is 0 Å². The Hall–Kier alpha value is -7.88. The summed E-state index contributed by atoms with van der Waals surface area (Å²) in [6, 6.07) is 82.5. The topological polar surface area (TPSA) is 15.3 Å². The molecule has 0 aromatic heterocycles. The van der Waals surface area contributed by atoms with Crippen molar-refractivity contribution in [3.63, 3.8) is 0 Å². The van der Waals surface area contributed by atoms with E-state index in [0.717, 1.165) is 24.3 Å². The Morgan fingerprint density at radius 1 is 0.422 bits per heavy atom. The fourth-order valence-electron chi connectivity index (χ4n) is 10.4. The number of rotatable bonds is 7. The zero-order valence-electron chi connectivity index (χ0n) is 36.0. The third-order valence-corrected chi connectivity index (χ3v) is 13.7. The zero-order chi connectivity index (χ0) is 42.8. The maximum Gasteiger partial charge on any atom is 0.198 e. The standard InChI is InChI=1S/C61H45BN2/c1-61(2)54-25-15-14-24-50(54)51-38-52(57(39-55(51)61)63-47-31-26-43(27-32-47)40-16-6-3-7-17-40)53-36-46-22-12-13-23-49(46)60-59(53)62-56-37-45(42-20-10-5-11-21-42)30-35-58(56)64(60)48-33-28-44(29-34-48)41-18-8-4-9-19-41/h3-39,62-63H,1-2H3. The van der Waals surface area contributed by atoms with Crippen LogP contribution in [0.5, 0.6) is 0 Å². The fraction of sp³-hybridized carbons (Fsp3) is 0.0492. The number of hydrogen-bond donors (Lipinski definition) is 1. The lowest BCUT2D eigenvalue weighted by atomic mass is 9.57. The minimum absolute atomic E-state index is 0.156. The highest BCUT2D eigenvalue weighted by atomic mass is 15.2. The first-order chi connectivity index (χ1) is 31.5. The molecule has 10 aromatic carbocycles. The van der Waals surface area contributed by atoms with Gasteiger partial charge in [0.2, 0.25) is 0 Å². The van der Waals surface area contributed by atoms with Crippen LogP contribution in [-0.4, -0.2) is 7.28 Å². The Bertz CT molecular complexity index is 3380. The van der Waals surface area contributed by atoms with Crippen LogP contribution in [0.3, 0.4) is 0 Å². The molecule has 0 radical (unpaired) electrons. The van der Waals surface area contributed by atoms with Crippen LogP contribution in [-0.2, 0) is 5.41 Å². The van der Waals surface area contributed by atoms with Gasteiger partial charge in [-0.3, -0.25) is 0 Å². The molecular weight excluding hydrogens is 771 g/mol. The highest BCUT2D eigenvalue weighted by Crippen LogP contribution is 2.52. The smallest absolute Gasteiger partial charge is 0.198 e. The summed E-state index contributed by atoms with van der Waals surface area (Å²) in [6.45, 7) is 4.74. The molecule has 0 saturated carbocycles. The highest BCUT2D eigenvalue weighted by molar-refractivity contribution is 6.74. The maximum absolute atomic E-state index is 4.00. The van der Waals surface area contributed by atoms with E-state index in [1.807, 2.05) is 0 Å². The first kappa shape index (κ1) is 37.9. The Morgan fingerprint density at radius 3 is 1.67 bits per heavy atom. The maximum atomic E-state index is 4.00. The molecule has 0 amide bonds. The van der Waals surface area contributed by atoms with Gasteiger partial charge in [-0.2, -0.15) is 0 Å². The Labute approximate surface area is 376 Å². The molecule has 1 aliphatic heterocycles. The van der Waals surface area contributed by atoms with Gasteiger partial charge in [0.1, 0.15) is 0 Å². The summed E-state index contributed by atoms with van der Waals surface area (Å²) in [5, 5.41) is 6.45. The molecule has 0 saturated heterocycles. The summed E-state index contributed by atoms with van der Waals surface area (Å²) in [7, 11) is 0.786. The lowest BCUT2D eigenvalue weighted by Gasteiger charge is -2.36. The second kappa shape index (κ2) is 15.2. The predicted molar refractivity (Wildman–Crippen MR) is 274 cm³/mol. The van der Waals surface area contributed by atoms with E-state index in [4.69, 9.17) is 0 Å². The first-order valence-corrected chi connectivity index (χ1v) is 22.4. The van der Waals surface area contributed by atoms with Gasteiger partial charge >= 0.3 is 0 Å². The zero-order valence-corrected chi connectivity index (χ0v) is 36.0. The second-order valence-corrected chi connectivity index (χ2v) is 17.8. The molecule has 2 aliphatic rings. The van der Waals surface area contributed by atoms with Crippen molar-refractivity contribution in [2.24, 2.45) is 0 Å². The van der Waals surface area contributed by atoms with E-state index in [0.29, 0.717) is 0 Å². The van der Waals surface area contributed by atoms with Crippen LogP contribution in [0.1, 0.15) is 25.0 Å². The molecule has 2 nitrogen and oxygen atoms in total. The predicted octanol–water partition coefficient (Wildman–Crippen LogP) is 14.7. The quantitative estimate of drug-likeness (QED) is 0.161. The number of fused-ring (bicyclic) bond motifs is 7. The van der Waals surface area contributed by atoms with Crippen molar-refractivity contribution in [3.8, 4) is 55.6 Å². The highest BCUT2D eigenvalue weighted by Gasteiger charge is 2.37. The van der Waals surface area contributed by atoms with Gasteiger partial charge in [-0.05, 0) is 121 Å². The molecule has 0 fully saturated rings. The van der Waals surface area contributed by atoms with E-state index in [1.165, 1.54) is 99.8 Å². The van der Waals surface area contributed by atoms with Crippen LogP contribution in [0, 0.1) is 0 Å². The number of anilines is 5. The van der Waals surface area contributed by atoms with E-state index < -0.39 is 0 Å². The minimum Gasteiger partial charge on any atom is -0.355 e. The molecule has 0 bridgehead atoms. The third kappa shape index (κ3) is 6.35. The van der Waals surface area contributed by atoms with Crippen LogP contribution in [0.15, 0.2) is 224 Å². The Kier molecular flexibility index (Phi) is 8.98. The van der Waals surface area contributed by atoms with Crippen LogP contribution >= 0.6 is 0 Å². The number of nitrogens with zero attached hydrogens (tertiary/aromatic N) is 1. The molecule has 0 unspecified atom stereocenters. The first-order valence-electron chi connectivity index (χ1n) is 22.4. The van der Waals surface area contributed by atoms with Gasteiger partial charge in [0.05, 0.1) is 0 Å². The van der Waals surface area contributed by atoms with Crippen LogP contribution < -0.4 is 21.1 Å². The Balaban J connectivity index is 1.10. The largest absolute Gasteiger partial charge is 0.355 e. The van der Waals surface area contributed by atoms with Gasteiger partial charge in [0.15, 0.2) is 7.28 Å². The monoisotopic (exact) mass is 816 g/mol. The molecule has 302 valence electrons. The van der Waals surface area contributed by atoms with Gasteiger partial charge < -0.3 is 10.2 Å². The van der Waals surface area contributed by atoms with E-state index >= 15 is 0 Å². The normalized spacial score (nSPS) is 13.1. The number of nitrogens with one attached hydrogen (secondary N) is 1. The van der Waals surface area contributed by atoms with Crippen molar-refractivity contribution in [3.05, 3.63) is 236 Å². The van der Waals surface area contributed by atoms with Crippen LogP contribution in [0.25, 0.3) is 66.4 Å². The third-order valence-electron chi connectivity index (χ3n) is 13.7. The summed E-state index contributed by atoms with van der Waals surface area (Å²) in [5.41, 5.74) is 23.2. The van der Waals surface area contributed by atoms with Crippen molar-refractivity contribution >= 4 is 57.4 Å². The Morgan fingerprint density at radius 2 is 0.984 bits per heavy atom. The van der Waals surface area contributed by atoms with E-state index in [1.54, 1.807) is 0 Å². The SMILES string of the molecule is CC1(C)c2ccccc2-c2cc(-c3cc4ccccc4c4c3Bc3cc(-c5ccccc5)ccc3N4c3ccc(-c4ccccc4)cc3)c(Nc3ccc(-c4ccccc4)cc3)cc21. The van der Waals surface area contributed by atoms with Crippen LogP contribution in [0.2, 0.25) is 0 Å². The van der Waals surface area contributed by atoms with Gasteiger partial charge in [-0.15, -0.1) is 0 Å². The van der Waals surface area contributed by atoms with Gasteiger partial charge in [0.25, 0.3) is 0 Å². The average molecular weight is 817 g/mol. The van der Waals surface area contributed by atoms with Crippen molar-refractivity contribution < 1.29 is 0 Å². The summed E-state index contributed by atoms with van der Waals surface area (Å²) in [5.74, 6) is 0. The summed E-state index contributed by atoms with van der Waals surface area (Å²) in [4.78, 5) is 2.53. The summed E-state index contributed by atoms with van der Waals surface area (Å²) in [6.07, 6.45) is 0. The lowest BCUT2D eigenvalue weighted by Crippen LogP contribution is -2.41. The van der Waals surface area contributed by atoms with Crippen molar-refractivity contribution in [2.75, 3.05) is 10.2 Å².